The van der Waals surface area contributed by atoms with Gasteiger partial charge in [0, 0.05) is 18.9 Å². The number of aryl methyl sites for hydroxylation is 1. The molecule has 0 aliphatic carbocycles. The van der Waals surface area contributed by atoms with Crippen molar-refractivity contribution < 1.29 is 4.79 Å². The monoisotopic (exact) mass is 314 g/mol. The van der Waals surface area contributed by atoms with Crippen LogP contribution in [0.3, 0.4) is 0 Å². The summed E-state index contributed by atoms with van der Waals surface area (Å²) in [7, 11) is 1.56. The molecule has 3 nitrogen and oxygen atoms in total. The highest BCUT2D eigenvalue weighted by Crippen LogP contribution is 2.13. The van der Waals surface area contributed by atoms with Gasteiger partial charge in [0.25, 0.3) is 0 Å². The van der Waals surface area contributed by atoms with E-state index in [4.69, 9.17) is 4.79 Å². The molecule has 0 spiro atoms. The zero-order chi connectivity index (χ0) is 17.7. The predicted molar refractivity (Wildman–Crippen MR) is 98.7 cm³/mol. The van der Waals surface area contributed by atoms with Crippen LogP contribution in [0.1, 0.15) is 56.4 Å². The van der Waals surface area contributed by atoms with Gasteiger partial charge in [-0.05, 0) is 36.5 Å². The first-order chi connectivity index (χ1) is 10.9. The number of rotatable bonds is 3. The summed E-state index contributed by atoms with van der Waals surface area (Å²) in [6.07, 6.45) is 2.45. The molecule has 0 atom stereocenters. The molecule has 0 fully saturated rings. The Labute approximate surface area is 141 Å². The Hall–Kier alpha value is -2.16. The van der Waals surface area contributed by atoms with Crippen LogP contribution >= 0.6 is 0 Å². The number of carbonyl (C=O) groups is 1. The molecular formula is C20H30N2O. The average Bonchev–Trinajstić information content (AvgIpc) is 2.57. The van der Waals surface area contributed by atoms with Crippen molar-refractivity contribution in [2.24, 2.45) is 0 Å². The molecule has 0 aliphatic rings. The van der Waals surface area contributed by atoms with Gasteiger partial charge in [-0.2, -0.15) is 0 Å². The minimum absolute atomic E-state index is 0.547. The first-order valence-corrected chi connectivity index (χ1v) is 8.00. The van der Waals surface area contributed by atoms with Gasteiger partial charge in [0.05, 0.1) is 0 Å². The third-order valence-corrected chi connectivity index (χ3v) is 3.14. The van der Waals surface area contributed by atoms with Crippen LogP contribution in [0.2, 0.25) is 0 Å². The van der Waals surface area contributed by atoms with Crippen molar-refractivity contribution in [2.45, 2.75) is 46.5 Å². The van der Waals surface area contributed by atoms with Gasteiger partial charge in [-0.1, -0.05) is 63.6 Å². The quantitative estimate of drug-likeness (QED) is 0.835. The summed E-state index contributed by atoms with van der Waals surface area (Å²) in [6.45, 7) is 10.8. The van der Waals surface area contributed by atoms with Crippen LogP contribution in [-0.2, 0) is 4.79 Å². The Balaban J connectivity index is 0.000000345. The van der Waals surface area contributed by atoms with Gasteiger partial charge in [0.2, 0.25) is 6.41 Å². The SMILES string of the molecule is CC(C)c1ccccn1.CNC=O.Cc1ccc(C(C)C)cc1. The molecule has 0 unspecified atom stereocenters. The minimum atomic E-state index is 0.547. The molecule has 1 heterocycles. The largest absolute Gasteiger partial charge is 0.362 e. The maximum Gasteiger partial charge on any atom is 0.206 e. The molecule has 2 rings (SSSR count). The summed E-state index contributed by atoms with van der Waals surface area (Å²) >= 11 is 0. The third-order valence-electron chi connectivity index (χ3n) is 3.14. The van der Waals surface area contributed by atoms with Crippen LogP contribution in [0.5, 0.6) is 0 Å². The van der Waals surface area contributed by atoms with Crippen LogP contribution < -0.4 is 5.32 Å². The van der Waals surface area contributed by atoms with Crippen molar-refractivity contribution in [3.63, 3.8) is 0 Å². The lowest BCUT2D eigenvalue weighted by Crippen LogP contribution is -1.98. The highest BCUT2D eigenvalue weighted by atomic mass is 16.1. The number of benzene rings is 1. The number of nitrogens with one attached hydrogen (secondary N) is 1. The fourth-order valence-electron chi connectivity index (χ4n) is 1.67. The lowest BCUT2D eigenvalue weighted by atomic mass is 10.0. The van der Waals surface area contributed by atoms with Gasteiger partial charge in [-0.15, -0.1) is 0 Å². The van der Waals surface area contributed by atoms with E-state index in [-0.39, 0.29) is 0 Å². The lowest BCUT2D eigenvalue weighted by molar-refractivity contribution is -0.109. The van der Waals surface area contributed by atoms with E-state index in [2.05, 4.69) is 69.2 Å². The Morgan fingerprint density at radius 1 is 0.957 bits per heavy atom. The van der Waals surface area contributed by atoms with Gasteiger partial charge in [-0.25, -0.2) is 0 Å². The van der Waals surface area contributed by atoms with Crippen LogP contribution in [0, 0.1) is 6.92 Å². The maximum atomic E-state index is 9.06. The fraction of sp³-hybridized carbons (Fsp3) is 0.400. The molecule has 0 saturated heterocycles. The number of carbonyl (C=O) groups excluding carboxylic acids is 1. The second kappa shape index (κ2) is 12.4. The van der Waals surface area contributed by atoms with Gasteiger partial charge in [0.1, 0.15) is 0 Å². The summed E-state index contributed by atoms with van der Waals surface area (Å²) in [6, 6.07) is 14.7. The molecule has 1 N–H and O–H groups in total. The van der Waals surface area contributed by atoms with E-state index in [0.29, 0.717) is 18.2 Å². The molecule has 23 heavy (non-hydrogen) atoms. The van der Waals surface area contributed by atoms with E-state index < -0.39 is 0 Å². The van der Waals surface area contributed by atoms with Gasteiger partial charge < -0.3 is 5.32 Å². The van der Waals surface area contributed by atoms with E-state index >= 15 is 0 Å². The van der Waals surface area contributed by atoms with Crippen LogP contribution in [0.4, 0.5) is 0 Å². The van der Waals surface area contributed by atoms with E-state index in [0.717, 1.165) is 5.69 Å². The molecule has 3 heteroatoms. The van der Waals surface area contributed by atoms with Crippen molar-refractivity contribution in [2.75, 3.05) is 7.05 Å². The first-order valence-electron chi connectivity index (χ1n) is 8.00. The summed E-state index contributed by atoms with van der Waals surface area (Å²) in [5.74, 6) is 1.20. The molecule has 2 aromatic rings. The fourth-order valence-corrected chi connectivity index (χ4v) is 1.67. The highest BCUT2D eigenvalue weighted by Gasteiger charge is 1.96. The minimum Gasteiger partial charge on any atom is -0.362 e. The highest BCUT2D eigenvalue weighted by molar-refractivity contribution is 5.44. The lowest BCUT2D eigenvalue weighted by Gasteiger charge is -2.03. The Morgan fingerprint density at radius 2 is 1.52 bits per heavy atom. The van der Waals surface area contributed by atoms with Gasteiger partial charge in [-0.3, -0.25) is 9.78 Å². The predicted octanol–water partition coefficient (Wildman–Crippen LogP) is 4.69. The molecule has 0 saturated carbocycles. The van der Waals surface area contributed by atoms with E-state index in [1.54, 1.807) is 7.05 Å². The number of aromatic nitrogens is 1. The van der Waals surface area contributed by atoms with Crippen molar-refractivity contribution in [1.29, 1.82) is 0 Å². The molecule has 1 aromatic heterocycles. The van der Waals surface area contributed by atoms with Crippen molar-refractivity contribution in [1.82, 2.24) is 10.3 Å². The zero-order valence-corrected chi connectivity index (χ0v) is 15.2. The third kappa shape index (κ3) is 10.2. The Kier molecular flexibility index (Phi) is 11.2. The molecule has 1 amide bonds. The number of amides is 1. The van der Waals surface area contributed by atoms with E-state index in [1.165, 1.54) is 11.1 Å². The van der Waals surface area contributed by atoms with Crippen molar-refractivity contribution in [3.8, 4) is 0 Å². The second-order valence-corrected chi connectivity index (χ2v) is 5.88. The van der Waals surface area contributed by atoms with Gasteiger partial charge >= 0.3 is 0 Å². The normalized spacial score (nSPS) is 9.39. The van der Waals surface area contributed by atoms with E-state index in [1.807, 2.05) is 24.4 Å². The standard InChI is InChI=1S/C10H14.C8H11N.C2H5NO/c1-8(2)10-6-4-9(3)5-7-10;1-7(2)8-5-3-4-6-9-8;1-3-2-4/h4-8H,1-3H3;3-7H,1-2H3;2H,1H3,(H,3,4). The zero-order valence-electron chi connectivity index (χ0n) is 15.2. The molecule has 1 aromatic carbocycles. The smallest absolute Gasteiger partial charge is 0.206 e. The average molecular weight is 314 g/mol. The number of pyridine rings is 1. The van der Waals surface area contributed by atoms with Crippen LogP contribution in [0.25, 0.3) is 0 Å². The topological polar surface area (TPSA) is 42.0 Å². The summed E-state index contributed by atoms with van der Waals surface area (Å²) in [4.78, 5) is 13.2. The molecule has 0 bridgehead atoms. The maximum absolute atomic E-state index is 9.06. The second-order valence-electron chi connectivity index (χ2n) is 5.88. The van der Waals surface area contributed by atoms with Crippen molar-refractivity contribution >= 4 is 6.41 Å². The first kappa shape index (κ1) is 20.8. The van der Waals surface area contributed by atoms with Crippen LogP contribution in [-0.4, -0.2) is 18.4 Å². The molecule has 0 aliphatic heterocycles. The number of hydrogen-bond acceptors (Lipinski definition) is 2. The Bertz CT molecular complexity index is 519. The summed E-state index contributed by atoms with van der Waals surface area (Å²) in [5.41, 5.74) is 3.92. The summed E-state index contributed by atoms with van der Waals surface area (Å²) in [5, 5.41) is 2.25. The molecule has 126 valence electrons. The molecule has 0 radical (unpaired) electrons. The van der Waals surface area contributed by atoms with Gasteiger partial charge in [0.15, 0.2) is 0 Å². The van der Waals surface area contributed by atoms with E-state index in [9.17, 15) is 0 Å². The Morgan fingerprint density at radius 3 is 1.83 bits per heavy atom. The number of hydrogen-bond donors (Lipinski definition) is 1. The van der Waals surface area contributed by atoms with Crippen molar-refractivity contribution in [3.05, 3.63) is 65.5 Å². The summed E-state index contributed by atoms with van der Waals surface area (Å²) < 4.78 is 0. The van der Waals surface area contributed by atoms with Crippen LogP contribution in [0.15, 0.2) is 48.7 Å². The molecular weight excluding hydrogens is 284 g/mol. The number of nitrogens with zero attached hydrogens (tertiary/aromatic N) is 1.